The van der Waals surface area contributed by atoms with Gasteiger partial charge in [-0.1, -0.05) is 11.6 Å². The molecule has 1 atom stereocenters. The van der Waals surface area contributed by atoms with Gasteiger partial charge < -0.3 is 0 Å². The summed E-state index contributed by atoms with van der Waals surface area (Å²) in [6.07, 6.45) is 3.23. The molecule has 1 aliphatic rings. The van der Waals surface area contributed by atoms with Crippen molar-refractivity contribution in [2.24, 2.45) is 5.41 Å². The van der Waals surface area contributed by atoms with Crippen molar-refractivity contribution in [3.8, 4) is 0 Å². The summed E-state index contributed by atoms with van der Waals surface area (Å²) in [5.41, 5.74) is 0.782. The van der Waals surface area contributed by atoms with E-state index in [1.165, 1.54) is 12.6 Å². The Morgan fingerprint density at radius 2 is 2.25 bits per heavy atom. The van der Waals surface area contributed by atoms with E-state index in [2.05, 4.69) is 0 Å². The van der Waals surface area contributed by atoms with Gasteiger partial charge in [0.2, 0.25) is 12.3 Å². The second-order valence-corrected chi connectivity index (χ2v) is 3.61. The molecule has 0 saturated carbocycles. The van der Waals surface area contributed by atoms with Crippen molar-refractivity contribution >= 4 is 12.3 Å². The van der Waals surface area contributed by atoms with E-state index in [0.717, 1.165) is 11.3 Å². The van der Waals surface area contributed by atoms with Crippen LogP contribution in [0.15, 0.2) is 11.6 Å². The molecule has 0 aliphatic heterocycles. The smallest absolute Gasteiger partial charge is 0.238 e. The maximum atomic E-state index is 11.5. The number of nitrogens with zero attached hydrogens (tertiary/aromatic N) is 1. The lowest BCUT2D eigenvalue weighted by Gasteiger charge is -2.35. The van der Waals surface area contributed by atoms with Gasteiger partial charge in [-0.05, 0) is 20.3 Å². The zero-order chi connectivity index (χ0) is 9.35. The molecular weight excluding hydrogens is 154 g/mol. The lowest BCUT2D eigenvalue weighted by Crippen LogP contribution is -2.42. The number of imide groups is 1. The third kappa shape index (κ3) is 1.26. The van der Waals surface area contributed by atoms with Crippen LogP contribution in [0.3, 0.4) is 0 Å². The fourth-order valence-electron chi connectivity index (χ4n) is 1.68. The van der Waals surface area contributed by atoms with Gasteiger partial charge in [-0.15, -0.1) is 0 Å². The highest BCUT2D eigenvalue weighted by Crippen LogP contribution is 2.39. The van der Waals surface area contributed by atoms with E-state index in [0.29, 0.717) is 6.41 Å². The Kier molecular flexibility index (Phi) is 2.04. The monoisotopic (exact) mass is 167 g/mol. The summed E-state index contributed by atoms with van der Waals surface area (Å²) in [5, 5.41) is 0. The van der Waals surface area contributed by atoms with Gasteiger partial charge in [0, 0.05) is 7.05 Å². The first-order chi connectivity index (χ1) is 5.49. The molecule has 66 valence electrons. The SMILES string of the molecule is CC1=CC(C)(C(=O)N(C)C=O)C1. The van der Waals surface area contributed by atoms with Crippen LogP contribution in [0.5, 0.6) is 0 Å². The Bertz CT molecular complexity index is 257. The fourth-order valence-corrected chi connectivity index (χ4v) is 1.68. The Morgan fingerprint density at radius 3 is 2.58 bits per heavy atom. The summed E-state index contributed by atoms with van der Waals surface area (Å²) in [6.45, 7) is 3.83. The molecule has 0 N–H and O–H groups in total. The Balaban J connectivity index is 2.73. The van der Waals surface area contributed by atoms with Crippen LogP contribution in [0.25, 0.3) is 0 Å². The minimum Gasteiger partial charge on any atom is -0.288 e. The standard InChI is InChI=1S/C9H13NO2/c1-7-4-9(2,5-7)8(12)10(3)6-11/h4,6H,5H2,1-3H3. The fraction of sp³-hybridized carbons (Fsp3) is 0.556. The molecule has 1 rings (SSSR count). The number of hydrogen-bond acceptors (Lipinski definition) is 2. The molecule has 0 bridgehead atoms. The van der Waals surface area contributed by atoms with Crippen LogP contribution in [0.4, 0.5) is 0 Å². The summed E-state index contributed by atoms with van der Waals surface area (Å²) in [4.78, 5) is 22.9. The van der Waals surface area contributed by atoms with Crippen molar-refractivity contribution in [1.82, 2.24) is 4.90 Å². The Labute approximate surface area is 72.0 Å². The van der Waals surface area contributed by atoms with E-state index >= 15 is 0 Å². The topological polar surface area (TPSA) is 37.4 Å². The highest BCUT2D eigenvalue weighted by Gasteiger charge is 2.39. The molecule has 0 aromatic heterocycles. The minimum absolute atomic E-state index is 0.122. The molecule has 0 spiro atoms. The third-order valence-corrected chi connectivity index (χ3v) is 2.18. The highest BCUT2D eigenvalue weighted by molar-refractivity contribution is 5.93. The molecule has 3 heteroatoms. The number of carbonyl (C=O) groups excluding carboxylic acids is 2. The summed E-state index contributed by atoms with van der Waals surface area (Å²) in [6, 6.07) is 0. The van der Waals surface area contributed by atoms with E-state index in [9.17, 15) is 9.59 Å². The predicted molar refractivity (Wildman–Crippen MR) is 45.3 cm³/mol. The number of rotatable bonds is 2. The van der Waals surface area contributed by atoms with Crippen LogP contribution in [-0.4, -0.2) is 24.3 Å². The zero-order valence-corrected chi connectivity index (χ0v) is 7.63. The molecule has 0 aromatic rings. The predicted octanol–water partition coefficient (Wildman–Crippen LogP) is 0.958. The molecule has 12 heavy (non-hydrogen) atoms. The van der Waals surface area contributed by atoms with Crippen molar-refractivity contribution in [2.75, 3.05) is 7.05 Å². The van der Waals surface area contributed by atoms with Crippen LogP contribution >= 0.6 is 0 Å². The quantitative estimate of drug-likeness (QED) is 0.453. The first-order valence-corrected chi connectivity index (χ1v) is 3.90. The number of allylic oxidation sites excluding steroid dienone is 1. The summed E-state index contributed by atoms with van der Waals surface area (Å²) >= 11 is 0. The number of hydrogen-bond donors (Lipinski definition) is 0. The van der Waals surface area contributed by atoms with E-state index in [-0.39, 0.29) is 5.91 Å². The molecule has 0 fully saturated rings. The molecule has 2 amide bonds. The van der Waals surface area contributed by atoms with E-state index in [4.69, 9.17) is 0 Å². The molecule has 3 nitrogen and oxygen atoms in total. The maximum absolute atomic E-state index is 11.5. The maximum Gasteiger partial charge on any atom is 0.238 e. The van der Waals surface area contributed by atoms with Gasteiger partial charge >= 0.3 is 0 Å². The highest BCUT2D eigenvalue weighted by atomic mass is 16.2. The van der Waals surface area contributed by atoms with Crippen molar-refractivity contribution in [3.63, 3.8) is 0 Å². The first-order valence-electron chi connectivity index (χ1n) is 3.90. The van der Waals surface area contributed by atoms with Crippen LogP contribution < -0.4 is 0 Å². The van der Waals surface area contributed by atoms with Crippen molar-refractivity contribution < 1.29 is 9.59 Å². The Hall–Kier alpha value is -1.12. The van der Waals surface area contributed by atoms with Crippen molar-refractivity contribution in [2.45, 2.75) is 20.3 Å². The average molecular weight is 167 g/mol. The van der Waals surface area contributed by atoms with Gasteiger partial charge in [-0.25, -0.2) is 0 Å². The summed E-state index contributed by atoms with van der Waals surface area (Å²) in [5.74, 6) is -0.122. The largest absolute Gasteiger partial charge is 0.288 e. The van der Waals surface area contributed by atoms with Crippen LogP contribution in [0.2, 0.25) is 0 Å². The lowest BCUT2D eigenvalue weighted by atomic mass is 9.72. The van der Waals surface area contributed by atoms with Gasteiger partial charge in [0.05, 0.1) is 5.41 Å². The van der Waals surface area contributed by atoms with E-state index < -0.39 is 5.41 Å². The molecule has 0 saturated heterocycles. The number of carbonyl (C=O) groups is 2. The van der Waals surface area contributed by atoms with Crippen molar-refractivity contribution in [1.29, 1.82) is 0 Å². The third-order valence-electron chi connectivity index (χ3n) is 2.18. The van der Waals surface area contributed by atoms with Gasteiger partial charge in [-0.2, -0.15) is 0 Å². The molecule has 0 aromatic carbocycles. The summed E-state index contributed by atoms with van der Waals surface area (Å²) < 4.78 is 0. The minimum atomic E-state index is -0.431. The van der Waals surface area contributed by atoms with Crippen molar-refractivity contribution in [3.05, 3.63) is 11.6 Å². The molecule has 1 unspecified atom stereocenters. The summed E-state index contributed by atoms with van der Waals surface area (Å²) in [7, 11) is 1.49. The van der Waals surface area contributed by atoms with Gasteiger partial charge in [-0.3, -0.25) is 14.5 Å². The molecule has 0 heterocycles. The van der Waals surface area contributed by atoms with Gasteiger partial charge in [0.15, 0.2) is 0 Å². The van der Waals surface area contributed by atoms with E-state index in [1.807, 2.05) is 19.9 Å². The van der Waals surface area contributed by atoms with Gasteiger partial charge in [0.1, 0.15) is 0 Å². The normalized spacial score (nSPS) is 27.1. The first kappa shape index (κ1) is 8.97. The second-order valence-electron chi connectivity index (χ2n) is 3.61. The molecular formula is C9H13NO2. The van der Waals surface area contributed by atoms with Gasteiger partial charge in [0.25, 0.3) is 0 Å². The lowest BCUT2D eigenvalue weighted by molar-refractivity contribution is -0.143. The van der Waals surface area contributed by atoms with Crippen LogP contribution in [0.1, 0.15) is 20.3 Å². The average Bonchev–Trinajstić information content (AvgIpc) is 1.99. The van der Waals surface area contributed by atoms with E-state index in [1.54, 1.807) is 0 Å². The number of amides is 2. The molecule has 0 radical (unpaired) electrons. The second kappa shape index (κ2) is 2.73. The zero-order valence-electron chi connectivity index (χ0n) is 7.63. The van der Waals surface area contributed by atoms with Crippen LogP contribution in [0, 0.1) is 5.41 Å². The Morgan fingerprint density at radius 1 is 1.75 bits per heavy atom. The molecule has 1 aliphatic carbocycles. The van der Waals surface area contributed by atoms with Crippen LogP contribution in [-0.2, 0) is 9.59 Å².